The summed E-state index contributed by atoms with van der Waals surface area (Å²) in [7, 11) is 0. The molecule has 2 rings (SSSR count). The van der Waals surface area contributed by atoms with Crippen molar-refractivity contribution in [1.29, 1.82) is 0 Å². The normalized spacial score (nSPS) is 10.1. The van der Waals surface area contributed by atoms with Gasteiger partial charge in [-0.2, -0.15) is 0 Å². The largest absolute Gasteiger partial charge is 0.478 e. The molecule has 2 aromatic rings. The van der Waals surface area contributed by atoms with E-state index < -0.39 is 5.97 Å². The van der Waals surface area contributed by atoms with Gasteiger partial charge in [-0.05, 0) is 62.2 Å². The molecule has 0 atom stereocenters. The third-order valence-corrected chi connectivity index (χ3v) is 3.60. The number of carboxylic acid groups (broad SMARTS) is 1. The van der Waals surface area contributed by atoms with E-state index in [-0.39, 0.29) is 11.5 Å². The van der Waals surface area contributed by atoms with Gasteiger partial charge in [0.25, 0.3) is 5.91 Å². The maximum absolute atomic E-state index is 12.0. The first kappa shape index (κ1) is 14.7. The third kappa shape index (κ3) is 3.43. The fourth-order valence-electron chi connectivity index (χ4n) is 1.48. The molecule has 0 radical (unpaired) electrons. The molecule has 1 aromatic heterocycles. The average Bonchev–Trinajstić information content (AvgIpc) is 2.41. The van der Waals surface area contributed by atoms with E-state index in [0.29, 0.717) is 20.3 Å². The Bertz CT molecular complexity index is 672. The van der Waals surface area contributed by atoms with Crippen molar-refractivity contribution in [3.05, 3.63) is 56.7 Å². The number of aromatic nitrogens is 1. The van der Waals surface area contributed by atoms with Crippen LogP contribution in [0.25, 0.3) is 0 Å². The predicted octanol–water partition coefficient (Wildman–Crippen LogP) is 3.56. The molecule has 0 spiro atoms. The smallest absolute Gasteiger partial charge is 0.336 e. The fraction of sp³-hybridized carbons (Fsp3) is 0. The van der Waals surface area contributed by atoms with Crippen molar-refractivity contribution in [1.82, 2.24) is 4.98 Å². The number of pyridine rings is 1. The van der Waals surface area contributed by atoms with Gasteiger partial charge in [-0.15, -0.1) is 0 Å². The highest BCUT2D eigenvalue weighted by atomic mass is 79.9. The van der Waals surface area contributed by atoms with Crippen LogP contribution in [0.15, 0.2) is 45.6 Å². The van der Waals surface area contributed by atoms with Crippen LogP contribution in [0.5, 0.6) is 0 Å². The van der Waals surface area contributed by atoms with Crippen LogP contribution < -0.4 is 5.32 Å². The zero-order chi connectivity index (χ0) is 14.7. The molecule has 0 unspecified atom stereocenters. The van der Waals surface area contributed by atoms with Gasteiger partial charge in [0, 0.05) is 16.4 Å². The van der Waals surface area contributed by atoms with Crippen molar-refractivity contribution in [2.45, 2.75) is 0 Å². The molecule has 20 heavy (non-hydrogen) atoms. The minimum Gasteiger partial charge on any atom is -0.478 e. The maximum Gasteiger partial charge on any atom is 0.336 e. The molecule has 0 aliphatic rings. The molecule has 5 nitrogen and oxygen atoms in total. The first-order valence-electron chi connectivity index (χ1n) is 5.43. The van der Waals surface area contributed by atoms with Crippen LogP contribution >= 0.6 is 31.9 Å². The third-order valence-electron chi connectivity index (χ3n) is 2.44. The minimum absolute atomic E-state index is 0.0803. The highest BCUT2D eigenvalue weighted by Gasteiger charge is 2.11. The Kier molecular flexibility index (Phi) is 4.51. The van der Waals surface area contributed by atoms with Gasteiger partial charge in [0.2, 0.25) is 0 Å². The van der Waals surface area contributed by atoms with Crippen molar-refractivity contribution < 1.29 is 14.7 Å². The van der Waals surface area contributed by atoms with Crippen LogP contribution in [0.4, 0.5) is 5.69 Å². The number of benzene rings is 1. The van der Waals surface area contributed by atoms with Crippen molar-refractivity contribution in [3.8, 4) is 0 Å². The summed E-state index contributed by atoms with van der Waals surface area (Å²) in [5, 5.41) is 11.6. The van der Waals surface area contributed by atoms with Gasteiger partial charge in [-0.1, -0.05) is 0 Å². The van der Waals surface area contributed by atoms with Gasteiger partial charge < -0.3 is 10.4 Å². The Morgan fingerprint density at radius 2 is 1.90 bits per heavy atom. The number of carboxylic acids is 1. The summed E-state index contributed by atoms with van der Waals surface area (Å²) in [6.07, 6.45) is 1.43. The van der Waals surface area contributed by atoms with Gasteiger partial charge >= 0.3 is 5.97 Å². The molecule has 1 heterocycles. The SMILES string of the molecule is O=C(Nc1ccc(Br)c(C(=O)O)c1)c1ccc(Br)nc1. The highest BCUT2D eigenvalue weighted by Crippen LogP contribution is 2.21. The lowest BCUT2D eigenvalue weighted by Crippen LogP contribution is -2.12. The van der Waals surface area contributed by atoms with E-state index in [1.165, 1.54) is 12.3 Å². The monoisotopic (exact) mass is 398 g/mol. The molecule has 0 saturated heterocycles. The van der Waals surface area contributed by atoms with E-state index in [9.17, 15) is 9.59 Å². The summed E-state index contributed by atoms with van der Waals surface area (Å²) >= 11 is 6.32. The molecule has 0 fully saturated rings. The minimum atomic E-state index is -1.07. The molecule has 1 amide bonds. The number of rotatable bonds is 3. The van der Waals surface area contributed by atoms with Crippen molar-refractivity contribution in [2.75, 3.05) is 5.32 Å². The summed E-state index contributed by atoms with van der Waals surface area (Å²) < 4.78 is 1.08. The molecular formula is C13H8Br2N2O3. The lowest BCUT2D eigenvalue weighted by molar-refractivity contribution is 0.0695. The van der Waals surface area contributed by atoms with E-state index in [1.807, 2.05) is 0 Å². The number of carbonyl (C=O) groups excluding carboxylic acids is 1. The average molecular weight is 400 g/mol. The van der Waals surface area contributed by atoms with Gasteiger partial charge in [0.05, 0.1) is 11.1 Å². The number of nitrogens with one attached hydrogen (secondary N) is 1. The van der Waals surface area contributed by atoms with E-state index in [4.69, 9.17) is 5.11 Å². The Labute approximate surface area is 131 Å². The van der Waals surface area contributed by atoms with Gasteiger partial charge in [0.1, 0.15) is 4.60 Å². The van der Waals surface area contributed by atoms with E-state index in [0.717, 1.165) is 0 Å². The molecular weight excluding hydrogens is 392 g/mol. The summed E-state index contributed by atoms with van der Waals surface area (Å²) in [6.45, 7) is 0. The van der Waals surface area contributed by atoms with E-state index >= 15 is 0 Å². The lowest BCUT2D eigenvalue weighted by Gasteiger charge is -2.07. The summed E-state index contributed by atoms with van der Waals surface area (Å²) in [6, 6.07) is 7.83. The second-order valence-corrected chi connectivity index (χ2v) is 5.49. The standard InChI is InChI=1S/C13H8Br2N2O3/c14-10-3-2-8(5-9(10)13(19)20)17-12(18)7-1-4-11(15)16-6-7/h1-6H,(H,17,18)(H,19,20). The lowest BCUT2D eigenvalue weighted by atomic mass is 10.2. The second-order valence-electron chi connectivity index (χ2n) is 3.82. The molecule has 102 valence electrons. The van der Waals surface area contributed by atoms with Crippen LogP contribution in [-0.2, 0) is 0 Å². The number of nitrogens with zero attached hydrogens (tertiary/aromatic N) is 1. The topological polar surface area (TPSA) is 79.3 Å². The van der Waals surface area contributed by atoms with Gasteiger partial charge in [0.15, 0.2) is 0 Å². The highest BCUT2D eigenvalue weighted by molar-refractivity contribution is 9.10. The van der Waals surface area contributed by atoms with E-state index in [2.05, 4.69) is 42.2 Å². The molecule has 2 N–H and O–H groups in total. The Morgan fingerprint density at radius 3 is 2.50 bits per heavy atom. The Hall–Kier alpha value is -1.73. The first-order chi connectivity index (χ1) is 9.47. The zero-order valence-electron chi connectivity index (χ0n) is 9.93. The Morgan fingerprint density at radius 1 is 1.15 bits per heavy atom. The number of hydrogen-bond donors (Lipinski definition) is 2. The number of anilines is 1. The Balaban J connectivity index is 2.21. The number of amides is 1. The predicted molar refractivity (Wildman–Crippen MR) is 81.0 cm³/mol. The summed E-state index contributed by atoms with van der Waals surface area (Å²) in [5.41, 5.74) is 0.864. The summed E-state index contributed by atoms with van der Waals surface area (Å²) in [4.78, 5) is 26.9. The first-order valence-corrected chi connectivity index (χ1v) is 7.02. The van der Waals surface area contributed by atoms with Crippen molar-refractivity contribution in [2.24, 2.45) is 0 Å². The second kappa shape index (κ2) is 6.15. The quantitative estimate of drug-likeness (QED) is 0.773. The van der Waals surface area contributed by atoms with Crippen molar-refractivity contribution in [3.63, 3.8) is 0 Å². The number of aromatic carboxylic acids is 1. The van der Waals surface area contributed by atoms with Crippen LogP contribution in [0.2, 0.25) is 0 Å². The van der Waals surface area contributed by atoms with Gasteiger partial charge in [-0.3, -0.25) is 4.79 Å². The zero-order valence-corrected chi connectivity index (χ0v) is 13.1. The number of carbonyl (C=O) groups is 2. The van der Waals surface area contributed by atoms with E-state index in [1.54, 1.807) is 24.3 Å². The maximum atomic E-state index is 12.0. The molecule has 1 aromatic carbocycles. The molecule has 0 bridgehead atoms. The van der Waals surface area contributed by atoms with Gasteiger partial charge in [-0.25, -0.2) is 9.78 Å². The van der Waals surface area contributed by atoms with Crippen molar-refractivity contribution >= 4 is 49.4 Å². The summed E-state index contributed by atoms with van der Waals surface area (Å²) in [5.74, 6) is -1.43. The molecule has 0 aliphatic carbocycles. The molecule has 7 heteroatoms. The van der Waals surface area contributed by atoms with Crippen LogP contribution in [0, 0.1) is 0 Å². The molecule has 0 saturated carbocycles. The number of halogens is 2. The fourth-order valence-corrected chi connectivity index (χ4v) is 2.13. The van der Waals surface area contributed by atoms with Crippen LogP contribution in [-0.4, -0.2) is 22.0 Å². The number of hydrogen-bond acceptors (Lipinski definition) is 3. The van der Waals surface area contributed by atoms with Crippen LogP contribution in [0.3, 0.4) is 0 Å². The molecule has 0 aliphatic heterocycles. The van der Waals surface area contributed by atoms with Crippen LogP contribution in [0.1, 0.15) is 20.7 Å².